The van der Waals surface area contributed by atoms with Gasteiger partial charge in [-0.05, 0) is 50.2 Å². The highest BCUT2D eigenvalue weighted by atomic mass is 16.5. The van der Waals surface area contributed by atoms with Crippen LogP contribution in [0.2, 0.25) is 0 Å². The number of amides is 1. The molecule has 0 aliphatic heterocycles. The SMILES string of the molecule is CCOc1ccccc1NC(=O)c1ccc(O[C@H](C)C(=O)[O-])cc1. The fourth-order valence-corrected chi connectivity index (χ4v) is 1.98. The van der Waals surface area contributed by atoms with Gasteiger partial charge in [0.2, 0.25) is 0 Å². The second kappa shape index (κ2) is 8.01. The molecule has 0 spiro atoms. The molecule has 0 heterocycles. The van der Waals surface area contributed by atoms with Crippen molar-refractivity contribution in [1.29, 1.82) is 0 Å². The van der Waals surface area contributed by atoms with E-state index in [0.717, 1.165) is 0 Å². The van der Waals surface area contributed by atoms with Crippen molar-refractivity contribution in [2.75, 3.05) is 11.9 Å². The number of rotatable bonds is 7. The Labute approximate surface area is 140 Å². The Morgan fingerprint density at radius 2 is 1.79 bits per heavy atom. The van der Waals surface area contributed by atoms with Gasteiger partial charge in [-0.3, -0.25) is 4.79 Å². The molecule has 0 saturated heterocycles. The molecule has 6 heteroatoms. The van der Waals surface area contributed by atoms with E-state index in [0.29, 0.717) is 29.4 Å². The number of carbonyl (C=O) groups excluding carboxylic acids is 2. The molecular formula is C18H18NO5-. The van der Waals surface area contributed by atoms with Crippen LogP contribution < -0.4 is 19.9 Å². The lowest BCUT2D eigenvalue weighted by Crippen LogP contribution is -2.37. The van der Waals surface area contributed by atoms with Gasteiger partial charge in [-0.25, -0.2) is 0 Å². The van der Waals surface area contributed by atoms with E-state index in [-0.39, 0.29) is 5.91 Å². The van der Waals surface area contributed by atoms with Crippen LogP contribution in [0.3, 0.4) is 0 Å². The van der Waals surface area contributed by atoms with Crippen LogP contribution >= 0.6 is 0 Å². The molecule has 24 heavy (non-hydrogen) atoms. The molecule has 0 unspecified atom stereocenters. The van der Waals surface area contributed by atoms with Crippen molar-refractivity contribution in [3.8, 4) is 11.5 Å². The smallest absolute Gasteiger partial charge is 0.255 e. The number of hydrogen-bond acceptors (Lipinski definition) is 5. The van der Waals surface area contributed by atoms with Gasteiger partial charge in [0, 0.05) is 5.56 Å². The maximum absolute atomic E-state index is 12.3. The molecule has 0 bridgehead atoms. The summed E-state index contributed by atoms with van der Waals surface area (Å²) in [6.07, 6.45) is -1.07. The van der Waals surface area contributed by atoms with Gasteiger partial charge in [-0.15, -0.1) is 0 Å². The van der Waals surface area contributed by atoms with E-state index in [1.807, 2.05) is 13.0 Å². The topological polar surface area (TPSA) is 87.7 Å². The number of ether oxygens (including phenoxy) is 2. The molecule has 1 atom stereocenters. The van der Waals surface area contributed by atoms with Crippen LogP contribution in [-0.4, -0.2) is 24.6 Å². The summed E-state index contributed by atoms with van der Waals surface area (Å²) in [6.45, 7) is 3.74. The van der Waals surface area contributed by atoms with E-state index in [1.165, 1.54) is 19.1 Å². The Morgan fingerprint density at radius 3 is 2.42 bits per heavy atom. The number of carboxylic acid groups (broad SMARTS) is 1. The first-order chi connectivity index (χ1) is 11.5. The third-order valence-electron chi connectivity index (χ3n) is 3.20. The summed E-state index contributed by atoms with van der Waals surface area (Å²) in [6, 6.07) is 13.3. The Balaban J connectivity index is 2.07. The lowest BCUT2D eigenvalue weighted by atomic mass is 10.2. The number of carboxylic acids is 1. The van der Waals surface area contributed by atoms with Gasteiger partial charge in [0.15, 0.2) is 0 Å². The number of anilines is 1. The Bertz CT molecular complexity index is 712. The molecule has 2 aromatic rings. The number of aliphatic carboxylic acids is 1. The predicted molar refractivity (Wildman–Crippen MR) is 87.1 cm³/mol. The minimum atomic E-state index is -1.30. The number of hydrogen-bond donors (Lipinski definition) is 1. The Morgan fingerprint density at radius 1 is 1.12 bits per heavy atom. The first-order valence-electron chi connectivity index (χ1n) is 7.52. The van der Waals surface area contributed by atoms with Crippen LogP contribution in [0, 0.1) is 0 Å². The lowest BCUT2D eigenvalue weighted by molar-refractivity contribution is -0.312. The van der Waals surface area contributed by atoms with Crippen molar-refractivity contribution >= 4 is 17.6 Å². The van der Waals surface area contributed by atoms with E-state index < -0.39 is 12.1 Å². The largest absolute Gasteiger partial charge is 0.546 e. The molecule has 1 amide bonds. The fraction of sp³-hybridized carbons (Fsp3) is 0.222. The van der Waals surface area contributed by atoms with Gasteiger partial charge in [-0.1, -0.05) is 12.1 Å². The third kappa shape index (κ3) is 4.49. The van der Waals surface area contributed by atoms with Crippen molar-refractivity contribution in [2.45, 2.75) is 20.0 Å². The normalized spacial score (nSPS) is 11.4. The number of nitrogens with one attached hydrogen (secondary N) is 1. The van der Waals surface area contributed by atoms with Crippen LogP contribution in [-0.2, 0) is 4.79 Å². The second-order valence-corrected chi connectivity index (χ2v) is 4.99. The molecule has 0 fully saturated rings. The zero-order valence-corrected chi connectivity index (χ0v) is 13.4. The number of benzene rings is 2. The number of para-hydroxylation sites is 2. The average molecular weight is 328 g/mol. The molecule has 0 aromatic heterocycles. The molecular weight excluding hydrogens is 310 g/mol. The highest BCUT2D eigenvalue weighted by molar-refractivity contribution is 6.05. The second-order valence-electron chi connectivity index (χ2n) is 4.99. The average Bonchev–Trinajstić information content (AvgIpc) is 2.57. The Hall–Kier alpha value is -3.02. The summed E-state index contributed by atoms with van der Waals surface area (Å²) in [5.74, 6) is -0.667. The third-order valence-corrected chi connectivity index (χ3v) is 3.20. The van der Waals surface area contributed by atoms with E-state index in [1.54, 1.807) is 30.3 Å². The highest BCUT2D eigenvalue weighted by Gasteiger charge is 2.10. The Kier molecular flexibility index (Phi) is 5.78. The van der Waals surface area contributed by atoms with Gasteiger partial charge in [-0.2, -0.15) is 0 Å². The maximum Gasteiger partial charge on any atom is 0.255 e. The molecule has 6 nitrogen and oxygen atoms in total. The van der Waals surface area contributed by atoms with Crippen molar-refractivity contribution in [2.24, 2.45) is 0 Å². The van der Waals surface area contributed by atoms with Gasteiger partial charge >= 0.3 is 0 Å². The van der Waals surface area contributed by atoms with Crippen LogP contribution in [0.1, 0.15) is 24.2 Å². The summed E-state index contributed by atoms with van der Waals surface area (Å²) in [5, 5.41) is 13.4. The highest BCUT2D eigenvalue weighted by Crippen LogP contribution is 2.24. The van der Waals surface area contributed by atoms with Gasteiger partial charge in [0.1, 0.15) is 17.6 Å². The zero-order valence-electron chi connectivity index (χ0n) is 13.4. The predicted octanol–water partition coefficient (Wildman–Crippen LogP) is 1.85. The summed E-state index contributed by atoms with van der Waals surface area (Å²) in [5.41, 5.74) is 0.991. The van der Waals surface area contributed by atoms with E-state index in [2.05, 4.69) is 5.32 Å². The fourth-order valence-electron chi connectivity index (χ4n) is 1.98. The molecule has 0 saturated carbocycles. The van der Waals surface area contributed by atoms with Crippen LogP contribution in [0.4, 0.5) is 5.69 Å². The summed E-state index contributed by atoms with van der Waals surface area (Å²) >= 11 is 0. The van der Waals surface area contributed by atoms with Crippen LogP contribution in [0.15, 0.2) is 48.5 Å². The molecule has 0 aliphatic rings. The first-order valence-corrected chi connectivity index (χ1v) is 7.52. The van der Waals surface area contributed by atoms with Crippen molar-refractivity contribution in [3.63, 3.8) is 0 Å². The molecule has 126 valence electrons. The quantitative estimate of drug-likeness (QED) is 0.838. The van der Waals surface area contributed by atoms with Gasteiger partial charge in [0.05, 0.1) is 18.3 Å². The number of carbonyl (C=O) groups is 2. The minimum absolute atomic E-state index is 0.304. The van der Waals surface area contributed by atoms with Crippen molar-refractivity contribution in [1.82, 2.24) is 0 Å². The summed E-state index contributed by atoms with van der Waals surface area (Å²) in [4.78, 5) is 23.0. The molecule has 0 radical (unpaired) electrons. The lowest BCUT2D eigenvalue weighted by Gasteiger charge is -2.15. The monoisotopic (exact) mass is 328 g/mol. The van der Waals surface area contributed by atoms with Crippen LogP contribution in [0.25, 0.3) is 0 Å². The van der Waals surface area contributed by atoms with Gasteiger partial charge in [0.25, 0.3) is 5.91 Å². The molecule has 0 aliphatic carbocycles. The summed E-state index contributed by atoms with van der Waals surface area (Å²) in [7, 11) is 0. The first kappa shape index (κ1) is 17.3. The van der Waals surface area contributed by atoms with Crippen molar-refractivity contribution < 1.29 is 24.2 Å². The van der Waals surface area contributed by atoms with Gasteiger partial charge < -0.3 is 24.7 Å². The standard InChI is InChI=1S/C18H19NO5/c1-3-23-16-7-5-4-6-15(16)19-17(20)13-8-10-14(11-9-13)24-12(2)18(21)22/h4-12H,3H2,1-2H3,(H,19,20)(H,21,22)/p-1/t12-/m1/s1. The molecule has 2 aromatic carbocycles. The minimum Gasteiger partial charge on any atom is -0.546 e. The molecule has 2 rings (SSSR count). The molecule has 1 N–H and O–H groups in total. The van der Waals surface area contributed by atoms with Crippen molar-refractivity contribution in [3.05, 3.63) is 54.1 Å². The van der Waals surface area contributed by atoms with E-state index >= 15 is 0 Å². The summed E-state index contributed by atoms with van der Waals surface area (Å²) < 4.78 is 10.6. The van der Waals surface area contributed by atoms with E-state index in [4.69, 9.17) is 9.47 Å². The zero-order chi connectivity index (χ0) is 17.5. The maximum atomic E-state index is 12.3. The van der Waals surface area contributed by atoms with E-state index in [9.17, 15) is 14.7 Å². The van der Waals surface area contributed by atoms with Crippen LogP contribution in [0.5, 0.6) is 11.5 Å².